The highest BCUT2D eigenvalue weighted by atomic mass is 19.2. The number of rotatable bonds is 14. The first-order chi connectivity index (χ1) is 19.9. The molecule has 0 aromatic heterocycles. The number of ether oxygens (including phenoxy) is 3. The van der Waals surface area contributed by atoms with Crippen LogP contribution in [0.4, 0.5) is 17.6 Å². The van der Waals surface area contributed by atoms with Gasteiger partial charge in [-0.3, -0.25) is 0 Å². The fourth-order valence-electron chi connectivity index (χ4n) is 5.01. The summed E-state index contributed by atoms with van der Waals surface area (Å²) >= 11 is 0. The molecule has 1 saturated heterocycles. The van der Waals surface area contributed by atoms with Gasteiger partial charge in [-0.25, -0.2) is 13.2 Å². The van der Waals surface area contributed by atoms with Crippen LogP contribution in [0.3, 0.4) is 0 Å². The Morgan fingerprint density at radius 1 is 0.756 bits per heavy atom. The van der Waals surface area contributed by atoms with Crippen molar-refractivity contribution in [2.24, 2.45) is 0 Å². The molecule has 41 heavy (non-hydrogen) atoms. The molecule has 3 aromatic rings. The van der Waals surface area contributed by atoms with E-state index >= 15 is 8.78 Å². The van der Waals surface area contributed by atoms with Crippen molar-refractivity contribution in [3.8, 4) is 28.0 Å². The summed E-state index contributed by atoms with van der Waals surface area (Å²) in [5, 5.41) is 0. The summed E-state index contributed by atoms with van der Waals surface area (Å²) in [5.41, 5.74) is 1.15. The highest BCUT2D eigenvalue weighted by molar-refractivity contribution is 5.72. The molecular weight excluding hydrogens is 532 g/mol. The maximum absolute atomic E-state index is 15.1. The van der Waals surface area contributed by atoms with Gasteiger partial charge in [-0.2, -0.15) is 4.39 Å². The maximum Gasteiger partial charge on any atom is 0.201 e. The van der Waals surface area contributed by atoms with Crippen LogP contribution < -0.4 is 4.74 Å². The first-order valence-corrected chi connectivity index (χ1v) is 14.5. The smallest absolute Gasteiger partial charge is 0.201 e. The minimum Gasteiger partial charge on any atom is -0.490 e. The Morgan fingerprint density at radius 3 is 1.98 bits per heavy atom. The first kappa shape index (κ1) is 30.8. The predicted octanol–water partition coefficient (Wildman–Crippen LogP) is 9.74. The zero-order valence-electron chi connectivity index (χ0n) is 23.6. The molecule has 1 aliphatic rings. The van der Waals surface area contributed by atoms with Gasteiger partial charge in [-0.15, -0.1) is 6.58 Å². The standard InChI is InChI=1S/C34H38F4O3/c1-3-5-7-8-9-10-20-39-29-19-18-27(33(37)34(29)38)24-14-12-23(13-15-24)26-16-17-28(32(36)31(26)35)25-21-40-30(41-22-25)11-6-4-2/h4,12-19,25,30H,2-3,5-11,20-22H2,1H3. The summed E-state index contributed by atoms with van der Waals surface area (Å²) in [7, 11) is 0. The Hall–Kier alpha value is -3.16. The molecule has 0 amide bonds. The third kappa shape index (κ3) is 7.77. The lowest BCUT2D eigenvalue weighted by Crippen LogP contribution is -2.31. The molecule has 0 atom stereocenters. The first-order valence-electron chi connectivity index (χ1n) is 14.5. The van der Waals surface area contributed by atoms with E-state index in [1.165, 1.54) is 37.5 Å². The second kappa shape index (κ2) is 15.2. The van der Waals surface area contributed by atoms with Crippen molar-refractivity contribution >= 4 is 0 Å². The molecular formula is C34H38F4O3. The molecule has 0 N–H and O–H groups in total. The van der Waals surface area contributed by atoms with Gasteiger partial charge in [-0.1, -0.05) is 81.5 Å². The average molecular weight is 571 g/mol. The average Bonchev–Trinajstić information content (AvgIpc) is 2.99. The summed E-state index contributed by atoms with van der Waals surface area (Å²) in [6.45, 7) is 6.62. The molecule has 0 spiro atoms. The van der Waals surface area contributed by atoms with Gasteiger partial charge in [0.25, 0.3) is 0 Å². The van der Waals surface area contributed by atoms with E-state index in [9.17, 15) is 8.78 Å². The number of benzene rings is 3. The molecule has 0 saturated carbocycles. The van der Waals surface area contributed by atoms with Crippen LogP contribution in [0.1, 0.15) is 69.8 Å². The highest BCUT2D eigenvalue weighted by Gasteiger charge is 2.27. The molecule has 0 aliphatic carbocycles. The summed E-state index contributed by atoms with van der Waals surface area (Å²) in [4.78, 5) is 0. The summed E-state index contributed by atoms with van der Waals surface area (Å²) < 4.78 is 76.7. The minimum atomic E-state index is -1.04. The van der Waals surface area contributed by atoms with Crippen LogP contribution in [0.15, 0.2) is 61.2 Å². The Balaban J connectivity index is 1.40. The quantitative estimate of drug-likeness (QED) is 0.110. The maximum atomic E-state index is 15.1. The van der Waals surface area contributed by atoms with Gasteiger partial charge in [0.1, 0.15) is 0 Å². The van der Waals surface area contributed by atoms with Gasteiger partial charge in [0, 0.05) is 23.5 Å². The number of allylic oxidation sites excluding steroid dienone is 1. The Morgan fingerprint density at radius 2 is 1.34 bits per heavy atom. The summed E-state index contributed by atoms with van der Waals surface area (Å²) in [6.07, 6.45) is 9.22. The molecule has 0 unspecified atom stereocenters. The third-order valence-corrected chi connectivity index (χ3v) is 7.43. The molecule has 0 radical (unpaired) electrons. The zero-order chi connectivity index (χ0) is 29.2. The molecule has 3 nitrogen and oxygen atoms in total. The van der Waals surface area contributed by atoms with Crippen LogP contribution in [0.5, 0.6) is 5.75 Å². The fourth-order valence-corrected chi connectivity index (χ4v) is 5.01. The van der Waals surface area contributed by atoms with Gasteiger partial charge in [-0.05, 0) is 41.7 Å². The number of halogens is 4. The molecule has 4 rings (SSSR count). The Bertz CT molecular complexity index is 1280. The highest BCUT2D eigenvalue weighted by Crippen LogP contribution is 2.34. The van der Waals surface area contributed by atoms with E-state index in [-0.39, 0.29) is 41.9 Å². The largest absolute Gasteiger partial charge is 0.490 e. The van der Waals surface area contributed by atoms with Crippen molar-refractivity contribution < 1.29 is 31.8 Å². The molecule has 1 aliphatic heterocycles. The fraction of sp³-hybridized carbons (Fsp3) is 0.412. The van der Waals surface area contributed by atoms with Crippen molar-refractivity contribution in [1.82, 2.24) is 0 Å². The van der Waals surface area contributed by atoms with Crippen LogP contribution in [-0.4, -0.2) is 26.1 Å². The topological polar surface area (TPSA) is 27.7 Å². The van der Waals surface area contributed by atoms with Crippen LogP contribution in [0, 0.1) is 23.3 Å². The molecule has 0 bridgehead atoms. The molecule has 1 fully saturated rings. The molecule has 1 heterocycles. The normalized spacial score (nSPS) is 17.0. The van der Waals surface area contributed by atoms with E-state index < -0.39 is 29.2 Å². The SMILES string of the molecule is C=CCCC1OCC(c2ccc(-c3ccc(-c4ccc(OCCCCCCCC)c(F)c4F)cc3)c(F)c2F)CO1. The molecule has 220 valence electrons. The second-order valence-electron chi connectivity index (χ2n) is 10.4. The van der Waals surface area contributed by atoms with Crippen LogP contribution >= 0.6 is 0 Å². The second-order valence-corrected chi connectivity index (χ2v) is 10.4. The summed E-state index contributed by atoms with van der Waals surface area (Å²) in [6, 6.07) is 12.2. The van der Waals surface area contributed by atoms with Gasteiger partial charge < -0.3 is 14.2 Å². The lowest BCUT2D eigenvalue weighted by atomic mass is 9.94. The van der Waals surface area contributed by atoms with Gasteiger partial charge >= 0.3 is 0 Å². The van der Waals surface area contributed by atoms with Crippen LogP contribution in [0.25, 0.3) is 22.3 Å². The van der Waals surface area contributed by atoms with E-state index in [2.05, 4.69) is 13.5 Å². The van der Waals surface area contributed by atoms with E-state index in [1.807, 2.05) is 0 Å². The van der Waals surface area contributed by atoms with Crippen molar-refractivity contribution in [2.45, 2.75) is 70.5 Å². The van der Waals surface area contributed by atoms with Gasteiger partial charge in [0.2, 0.25) is 5.82 Å². The summed E-state index contributed by atoms with van der Waals surface area (Å²) in [5.74, 6) is -4.51. The zero-order valence-corrected chi connectivity index (χ0v) is 23.6. The van der Waals surface area contributed by atoms with Crippen LogP contribution in [0.2, 0.25) is 0 Å². The minimum absolute atomic E-state index is 0.0617. The molecule has 7 heteroatoms. The number of hydrogen-bond donors (Lipinski definition) is 0. The van der Waals surface area contributed by atoms with Crippen molar-refractivity contribution in [3.05, 3.63) is 90.0 Å². The number of hydrogen-bond acceptors (Lipinski definition) is 3. The van der Waals surface area contributed by atoms with Crippen molar-refractivity contribution in [3.63, 3.8) is 0 Å². The lowest BCUT2D eigenvalue weighted by molar-refractivity contribution is -0.189. The third-order valence-electron chi connectivity index (χ3n) is 7.43. The van der Waals surface area contributed by atoms with Crippen molar-refractivity contribution in [1.29, 1.82) is 0 Å². The predicted molar refractivity (Wildman–Crippen MR) is 154 cm³/mol. The van der Waals surface area contributed by atoms with Gasteiger partial charge in [0.15, 0.2) is 29.5 Å². The Kier molecular flexibility index (Phi) is 11.4. The van der Waals surface area contributed by atoms with E-state index in [0.717, 1.165) is 25.7 Å². The number of unbranched alkanes of at least 4 members (excludes halogenated alkanes) is 5. The van der Waals surface area contributed by atoms with E-state index in [4.69, 9.17) is 14.2 Å². The lowest BCUT2D eigenvalue weighted by Gasteiger charge is -2.30. The monoisotopic (exact) mass is 570 g/mol. The van der Waals surface area contributed by atoms with Gasteiger partial charge in [0.05, 0.1) is 19.8 Å². The van der Waals surface area contributed by atoms with Crippen molar-refractivity contribution in [2.75, 3.05) is 19.8 Å². The van der Waals surface area contributed by atoms with E-state index in [1.54, 1.807) is 36.4 Å². The molecule has 3 aromatic carbocycles. The van der Waals surface area contributed by atoms with E-state index in [0.29, 0.717) is 24.2 Å². The van der Waals surface area contributed by atoms with Crippen LogP contribution in [-0.2, 0) is 9.47 Å². The Labute approximate surface area is 240 Å².